The van der Waals surface area contributed by atoms with Gasteiger partial charge in [-0.05, 0) is 30.2 Å². The summed E-state index contributed by atoms with van der Waals surface area (Å²) in [4.78, 5) is 12.9. The Morgan fingerprint density at radius 3 is 2.72 bits per heavy atom. The van der Waals surface area contributed by atoms with Crippen LogP contribution in [0.15, 0.2) is 47.3 Å². The molecular formula is C16H15N7O2. The molecule has 0 aliphatic rings. The molecular weight excluding hydrogens is 322 g/mol. The standard InChI is InChI=1S/C16H15N7O2/c17-14-20-15(18-7-5-10-1-3-12(24)4-2-10)21-16-19-13(22-23(14)16)11-6-8-25-9-11/h1-4,6,8-9,24H,5,7H2,(H3,17,18,19,20,21,22). The molecule has 9 heteroatoms. The molecule has 3 heterocycles. The second-order valence-corrected chi connectivity index (χ2v) is 5.41. The summed E-state index contributed by atoms with van der Waals surface area (Å²) in [5, 5.41) is 16.7. The van der Waals surface area contributed by atoms with Gasteiger partial charge in [-0.1, -0.05) is 12.1 Å². The average molecular weight is 337 g/mol. The Hall–Kier alpha value is -3.62. The number of nitrogens with zero attached hydrogens (tertiary/aromatic N) is 5. The molecule has 0 amide bonds. The van der Waals surface area contributed by atoms with Crippen molar-refractivity contribution in [1.82, 2.24) is 24.6 Å². The Morgan fingerprint density at radius 1 is 1.12 bits per heavy atom. The maximum absolute atomic E-state index is 9.29. The number of furan rings is 1. The third-order valence-electron chi connectivity index (χ3n) is 3.65. The lowest BCUT2D eigenvalue weighted by Crippen LogP contribution is -2.12. The van der Waals surface area contributed by atoms with Crippen molar-refractivity contribution < 1.29 is 9.52 Å². The number of hydrogen-bond donors (Lipinski definition) is 3. The Bertz CT molecular complexity index is 993. The fraction of sp³-hybridized carbons (Fsp3) is 0.125. The minimum atomic E-state index is 0.194. The smallest absolute Gasteiger partial charge is 0.259 e. The Labute approximate surface area is 142 Å². The summed E-state index contributed by atoms with van der Waals surface area (Å²) in [6, 6.07) is 8.80. The molecule has 0 fully saturated rings. The van der Waals surface area contributed by atoms with E-state index in [1.165, 1.54) is 4.52 Å². The number of nitrogens with one attached hydrogen (secondary N) is 1. The molecule has 0 aliphatic carbocycles. The van der Waals surface area contributed by atoms with E-state index in [0.717, 1.165) is 17.5 Å². The highest BCUT2D eigenvalue weighted by molar-refractivity contribution is 5.56. The molecule has 25 heavy (non-hydrogen) atoms. The van der Waals surface area contributed by atoms with Crippen LogP contribution in [-0.4, -0.2) is 36.2 Å². The quantitative estimate of drug-likeness (QED) is 0.502. The predicted octanol–water partition coefficient (Wildman–Crippen LogP) is 1.72. The van der Waals surface area contributed by atoms with Crippen molar-refractivity contribution in [2.45, 2.75) is 6.42 Å². The SMILES string of the molecule is Nc1nc(NCCc2ccc(O)cc2)nc2nc(-c3ccoc3)nn12. The van der Waals surface area contributed by atoms with Gasteiger partial charge in [0.25, 0.3) is 5.78 Å². The predicted molar refractivity (Wildman–Crippen MR) is 91.0 cm³/mol. The number of aromatic hydroxyl groups is 1. The van der Waals surface area contributed by atoms with E-state index in [1.807, 2.05) is 12.1 Å². The summed E-state index contributed by atoms with van der Waals surface area (Å²) >= 11 is 0. The van der Waals surface area contributed by atoms with Crippen molar-refractivity contribution >= 4 is 17.7 Å². The monoisotopic (exact) mass is 337 g/mol. The van der Waals surface area contributed by atoms with Gasteiger partial charge in [0.05, 0.1) is 11.8 Å². The van der Waals surface area contributed by atoms with E-state index in [9.17, 15) is 5.11 Å². The maximum Gasteiger partial charge on any atom is 0.259 e. The topological polar surface area (TPSA) is 127 Å². The van der Waals surface area contributed by atoms with Gasteiger partial charge in [0.2, 0.25) is 11.9 Å². The molecule has 0 aliphatic heterocycles. The summed E-state index contributed by atoms with van der Waals surface area (Å²) in [5.41, 5.74) is 7.77. The molecule has 0 saturated carbocycles. The van der Waals surface area contributed by atoms with Crippen LogP contribution in [0.2, 0.25) is 0 Å². The fourth-order valence-corrected chi connectivity index (χ4v) is 2.38. The summed E-state index contributed by atoms with van der Waals surface area (Å²) in [7, 11) is 0. The number of phenols is 1. The molecule has 3 aromatic heterocycles. The van der Waals surface area contributed by atoms with Crippen LogP contribution < -0.4 is 11.1 Å². The van der Waals surface area contributed by atoms with Crippen LogP contribution in [-0.2, 0) is 6.42 Å². The van der Waals surface area contributed by atoms with Gasteiger partial charge in [-0.25, -0.2) is 0 Å². The molecule has 0 spiro atoms. The van der Waals surface area contributed by atoms with Gasteiger partial charge in [0.15, 0.2) is 5.82 Å². The van der Waals surface area contributed by atoms with E-state index < -0.39 is 0 Å². The first-order chi connectivity index (χ1) is 12.2. The third kappa shape index (κ3) is 3.07. The first-order valence-electron chi connectivity index (χ1n) is 7.64. The van der Waals surface area contributed by atoms with Crippen molar-refractivity contribution in [2.75, 3.05) is 17.6 Å². The van der Waals surface area contributed by atoms with E-state index in [1.54, 1.807) is 30.7 Å². The molecule has 9 nitrogen and oxygen atoms in total. The molecule has 126 valence electrons. The number of aromatic nitrogens is 5. The third-order valence-corrected chi connectivity index (χ3v) is 3.65. The van der Waals surface area contributed by atoms with Gasteiger partial charge in [-0.3, -0.25) is 0 Å². The second-order valence-electron chi connectivity index (χ2n) is 5.41. The van der Waals surface area contributed by atoms with Gasteiger partial charge >= 0.3 is 0 Å². The molecule has 0 radical (unpaired) electrons. The molecule has 0 bridgehead atoms. The molecule has 4 rings (SSSR count). The molecule has 4 aromatic rings. The van der Waals surface area contributed by atoms with Gasteiger partial charge in [-0.2, -0.15) is 19.5 Å². The Balaban J connectivity index is 1.51. The van der Waals surface area contributed by atoms with Crippen LogP contribution in [0.1, 0.15) is 5.56 Å². The summed E-state index contributed by atoms with van der Waals surface area (Å²) in [5.74, 6) is 1.65. The van der Waals surface area contributed by atoms with Crippen LogP contribution in [0.25, 0.3) is 17.2 Å². The number of rotatable bonds is 5. The summed E-state index contributed by atoms with van der Waals surface area (Å²) in [6.07, 6.45) is 3.85. The van der Waals surface area contributed by atoms with Crippen molar-refractivity contribution in [3.63, 3.8) is 0 Å². The lowest BCUT2D eigenvalue weighted by molar-refractivity contribution is 0.475. The largest absolute Gasteiger partial charge is 0.508 e. The van der Waals surface area contributed by atoms with E-state index in [4.69, 9.17) is 10.2 Å². The minimum Gasteiger partial charge on any atom is -0.508 e. The van der Waals surface area contributed by atoms with Crippen LogP contribution in [0, 0.1) is 0 Å². The first-order valence-corrected chi connectivity index (χ1v) is 7.64. The maximum atomic E-state index is 9.29. The van der Waals surface area contributed by atoms with Crippen molar-refractivity contribution in [3.8, 4) is 17.1 Å². The Kier molecular flexibility index (Phi) is 3.65. The normalized spacial score (nSPS) is 11.0. The number of anilines is 2. The van der Waals surface area contributed by atoms with Gasteiger partial charge in [-0.15, -0.1) is 5.10 Å². The van der Waals surface area contributed by atoms with Crippen LogP contribution in [0.4, 0.5) is 11.9 Å². The summed E-state index contributed by atoms with van der Waals surface area (Å²) < 4.78 is 6.42. The number of fused-ring (bicyclic) bond motifs is 1. The van der Waals surface area contributed by atoms with Crippen LogP contribution in [0.3, 0.4) is 0 Å². The van der Waals surface area contributed by atoms with E-state index in [-0.39, 0.29) is 11.7 Å². The highest BCUT2D eigenvalue weighted by atomic mass is 16.3. The molecule has 0 unspecified atom stereocenters. The van der Waals surface area contributed by atoms with Gasteiger partial charge in [0.1, 0.15) is 12.0 Å². The van der Waals surface area contributed by atoms with Crippen molar-refractivity contribution in [3.05, 3.63) is 48.4 Å². The zero-order valence-corrected chi connectivity index (χ0v) is 13.1. The first kappa shape index (κ1) is 14.9. The molecule has 4 N–H and O–H groups in total. The highest BCUT2D eigenvalue weighted by Gasteiger charge is 2.12. The number of phenolic OH excluding ortho intramolecular Hbond substituents is 1. The molecule has 0 saturated heterocycles. The average Bonchev–Trinajstić information content (AvgIpc) is 3.26. The highest BCUT2D eigenvalue weighted by Crippen LogP contribution is 2.17. The number of nitrogen functional groups attached to an aromatic ring is 1. The lowest BCUT2D eigenvalue weighted by Gasteiger charge is -2.06. The molecule has 0 atom stereocenters. The summed E-state index contributed by atoms with van der Waals surface area (Å²) in [6.45, 7) is 0.614. The van der Waals surface area contributed by atoms with Crippen LogP contribution >= 0.6 is 0 Å². The van der Waals surface area contributed by atoms with Crippen molar-refractivity contribution in [1.29, 1.82) is 0 Å². The number of hydrogen-bond acceptors (Lipinski definition) is 8. The fourth-order valence-electron chi connectivity index (χ4n) is 2.38. The van der Waals surface area contributed by atoms with Gasteiger partial charge in [0, 0.05) is 6.54 Å². The lowest BCUT2D eigenvalue weighted by atomic mass is 10.1. The van der Waals surface area contributed by atoms with Crippen molar-refractivity contribution in [2.24, 2.45) is 0 Å². The zero-order valence-electron chi connectivity index (χ0n) is 13.1. The van der Waals surface area contributed by atoms with E-state index in [2.05, 4.69) is 25.4 Å². The number of nitrogens with two attached hydrogens (primary N) is 1. The Morgan fingerprint density at radius 2 is 1.96 bits per heavy atom. The van der Waals surface area contributed by atoms with E-state index >= 15 is 0 Å². The zero-order chi connectivity index (χ0) is 17.2. The number of benzene rings is 1. The molecule has 1 aromatic carbocycles. The van der Waals surface area contributed by atoms with Gasteiger partial charge < -0.3 is 20.6 Å². The van der Waals surface area contributed by atoms with Crippen LogP contribution in [0.5, 0.6) is 5.75 Å². The minimum absolute atomic E-state index is 0.194. The van der Waals surface area contributed by atoms with E-state index in [0.29, 0.717) is 24.1 Å². The second kappa shape index (κ2) is 6.11.